The summed E-state index contributed by atoms with van der Waals surface area (Å²) in [5, 5.41) is 14.9. The van der Waals surface area contributed by atoms with E-state index in [9.17, 15) is 9.59 Å². The maximum Gasteiger partial charge on any atom is 0.409 e. The van der Waals surface area contributed by atoms with Gasteiger partial charge in [0.1, 0.15) is 0 Å². The summed E-state index contributed by atoms with van der Waals surface area (Å²) in [5.74, 6) is -0.0684. The van der Waals surface area contributed by atoms with Crippen LogP contribution in [0.1, 0.15) is 31.7 Å². The highest BCUT2D eigenvalue weighted by Gasteiger charge is 2.23. The average Bonchev–Trinajstić information content (AvgIpc) is 2.63. The fraction of sp³-hybridized carbons (Fsp3) is 0.500. The van der Waals surface area contributed by atoms with Crippen molar-refractivity contribution in [2.45, 2.75) is 32.2 Å². The summed E-state index contributed by atoms with van der Waals surface area (Å²) in [4.78, 5) is 25.3. The third-order valence-corrected chi connectivity index (χ3v) is 4.10. The number of rotatable bonds is 6. The third-order valence-electron chi connectivity index (χ3n) is 4.10. The van der Waals surface area contributed by atoms with E-state index < -0.39 is 0 Å². The fourth-order valence-electron chi connectivity index (χ4n) is 2.72. The maximum absolute atomic E-state index is 11.9. The molecule has 2 rings (SSSR count). The number of anilines is 1. The summed E-state index contributed by atoms with van der Waals surface area (Å²) >= 11 is 0. The summed E-state index contributed by atoms with van der Waals surface area (Å²) in [6.45, 7) is 4.13. The van der Waals surface area contributed by atoms with Crippen LogP contribution in [0.3, 0.4) is 0 Å². The molecule has 1 saturated heterocycles. The van der Waals surface area contributed by atoms with E-state index >= 15 is 0 Å². The van der Waals surface area contributed by atoms with E-state index in [1.807, 2.05) is 6.07 Å². The molecule has 2 amide bonds. The van der Waals surface area contributed by atoms with Gasteiger partial charge in [0.25, 0.3) is 0 Å². The van der Waals surface area contributed by atoms with E-state index in [1.54, 1.807) is 36.1 Å². The second-order valence-corrected chi connectivity index (χ2v) is 5.90. The zero-order valence-corrected chi connectivity index (χ0v) is 14.5. The Morgan fingerprint density at radius 1 is 1.28 bits per heavy atom. The lowest BCUT2D eigenvalue weighted by molar-refractivity contribution is -0.116. The summed E-state index contributed by atoms with van der Waals surface area (Å²) in [6.07, 6.45) is 1.84. The van der Waals surface area contributed by atoms with E-state index in [4.69, 9.17) is 10.00 Å². The molecule has 0 spiro atoms. The Bertz CT molecular complexity index is 616. The lowest BCUT2D eigenvalue weighted by Crippen LogP contribution is -2.45. The van der Waals surface area contributed by atoms with Gasteiger partial charge < -0.3 is 20.3 Å². The number of carbonyl (C=O) groups excluding carboxylic acids is 2. The minimum Gasteiger partial charge on any atom is -0.450 e. The van der Waals surface area contributed by atoms with Crippen molar-refractivity contribution in [3.8, 4) is 6.07 Å². The molecular weight excluding hydrogens is 320 g/mol. The van der Waals surface area contributed by atoms with E-state index in [2.05, 4.69) is 10.6 Å². The lowest BCUT2D eigenvalue weighted by atomic mass is 10.1. The number of ether oxygens (including phenoxy) is 1. The van der Waals surface area contributed by atoms with Gasteiger partial charge in [0.05, 0.1) is 18.2 Å². The molecule has 1 fully saturated rings. The minimum absolute atomic E-state index is 0.0684. The predicted molar refractivity (Wildman–Crippen MR) is 94.0 cm³/mol. The van der Waals surface area contributed by atoms with Gasteiger partial charge in [-0.15, -0.1) is 0 Å². The molecule has 7 heteroatoms. The number of benzene rings is 1. The van der Waals surface area contributed by atoms with Crippen LogP contribution in [0.5, 0.6) is 0 Å². The normalized spacial score (nSPS) is 14.6. The second-order valence-electron chi connectivity index (χ2n) is 5.90. The first kappa shape index (κ1) is 18.7. The molecule has 1 aliphatic rings. The molecule has 1 aromatic carbocycles. The highest BCUT2D eigenvalue weighted by Crippen LogP contribution is 2.12. The van der Waals surface area contributed by atoms with Gasteiger partial charge in [-0.3, -0.25) is 4.79 Å². The first-order valence-electron chi connectivity index (χ1n) is 8.57. The first-order valence-corrected chi connectivity index (χ1v) is 8.57. The topological polar surface area (TPSA) is 94.5 Å². The van der Waals surface area contributed by atoms with Gasteiger partial charge in [-0.25, -0.2) is 4.79 Å². The molecule has 0 saturated carbocycles. The van der Waals surface area contributed by atoms with E-state index in [0.717, 1.165) is 12.8 Å². The van der Waals surface area contributed by atoms with Crippen LogP contribution in [0.15, 0.2) is 24.3 Å². The zero-order chi connectivity index (χ0) is 18.1. The number of hydrogen-bond donors (Lipinski definition) is 2. The molecule has 0 atom stereocenters. The molecule has 0 radical (unpaired) electrons. The van der Waals surface area contributed by atoms with Crippen molar-refractivity contribution in [3.63, 3.8) is 0 Å². The molecule has 1 aromatic rings. The van der Waals surface area contributed by atoms with Crippen LogP contribution in [-0.4, -0.2) is 49.2 Å². The molecule has 0 aromatic heterocycles. The van der Waals surface area contributed by atoms with E-state index in [-0.39, 0.29) is 12.0 Å². The first-order chi connectivity index (χ1) is 12.1. The number of nitrogens with one attached hydrogen (secondary N) is 2. The van der Waals surface area contributed by atoms with Gasteiger partial charge in [0, 0.05) is 37.8 Å². The van der Waals surface area contributed by atoms with Gasteiger partial charge in [0.15, 0.2) is 0 Å². The van der Waals surface area contributed by atoms with Crippen molar-refractivity contribution >= 4 is 17.7 Å². The van der Waals surface area contributed by atoms with Gasteiger partial charge in [-0.1, -0.05) is 0 Å². The van der Waals surface area contributed by atoms with Crippen LogP contribution in [0.2, 0.25) is 0 Å². The van der Waals surface area contributed by atoms with Crippen LogP contribution in [-0.2, 0) is 9.53 Å². The minimum atomic E-state index is -0.247. The predicted octanol–water partition coefficient (Wildman–Crippen LogP) is 2.10. The average molecular weight is 344 g/mol. The van der Waals surface area contributed by atoms with Crippen molar-refractivity contribution in [1.82, 2.24) is 10.2 Å². The maximum atomic E-state index is 11.9. The molecule has 0 aliphatic carbocycles. The largest absolute Gasteiger partial charge is 0.450 e. The number of hydrogen-bond acceptors (Lipinski definition) is 5. The number of piperidine rings is 1. The van der Waals surface area contributed by atoms with Crippen LogP contribution in [0.25, 0.3) is 0 Å². The van der Waals surface area contributed by atoms with Crippen LogP contribution in [0, 0.1) is 11.3 Å². The molecule has 1 aliphatic heterocycles. The molecular formula is C18H24N4O3. The molecule has 0 bridgehead atoms. The molecule has 2 N–H and O–H groups in total. The molecule has 1 heterocycles. The van der Waals surface area contributed by atoms with Crippen LogP contribution in [0.4, 0.5) is 10.5 Å². The zero-order valence-electron chi connectivity index (χ0n) is 14.5. The van der Waals surface area contributed by atoms with Crippen LogP contribution < -0.4 is 10.6 Å². The smallest absolute Gasteiger partial charge is 0.409 e. The van der Waals surface area contributed by atoms with Crippen molar-refractivity contribution in [2.75, 3.05) is 31.6 Å². The standard InChI is InChI=1S/C18H24N4O3/c1-2-25-18(24)22-11-8-15(9-12-22)20-10-7-17(23)21-16-5-3-14(13-19)4-6-16/h3-6,15,20H,2,7-12H2,1H3,(H,21,23). The monoisotopic (exact) mass is 344 g/mol. The number of likely N-dealkylation sites (tertiary alicyclic amines) is 1. The van der Waals surface area contributed by atoms with Crippen molar-refractivity contribution in [1.29, 1.82) is 5.26 Å². The summed E-state index contributed by atoms with van der Waals surface area (Å²) in [6, 6.07) is 9.13. The number of carbonyl (C=O) groups is 2. The van der Waals surface area contributed by atoms with Gasteiger partial charge in [-0.05, 0) is 44.0 Å². The molecule has 134 valence electrons. The number of amides is 2. The highest BCUT2D eigenvalue weighted by atomic mass is 16.6. The van der Waals surface area contributed by atoms with Gasteiger partial charge in [0.2, 0.25) is 5.91 Å². The Morgan fingerprint density at radius 3 is 2.56 bits per heavy atom. The number of nitrogens with zero attached hydrogens (tertiary/aromatic N) is 2. The molecule has 25 heavy (non-hydrogen) atoms. The summed E-state index contributed by atoms with van der Waals surface area (Å²) < 4.78 is 5.00. The van der Waals surface area contributed by atoms with Crippen molar-refractivity contribution < 1.29 is 14.3 Å². The summed E-state index contributed by atoms with van der Waals surface area (Å²) in [7, 11) is 0. The Kier molecular flexibility index (Phi) is 7.23. The van der Waals surface area contributed by atoms with Crippen molar-refractivity contribution in [2.24, 2.45) is 0 Å². The Balaban J connectivity index is 1.63. The summed E-state index contributed by atoms with van der Waals surface area (Å²) in [5.41, 5.74) is 1.25. The number of nitriles is 1. The Morgan fingerprint density at radius 2 is 1.96 bits per heavy atom. The van der Waals surface area contributed by atoms with Gasteiger partial charge in [-0.2, -0.15) is 5.26 Å². The Labute approximate surface area is 147 Å². The molecule has 0 unspecified atom stereocenters. The SMILES string of the molecule is CCOC(=O)N1CCC(NCCC(=O)Nc2ccc(C#N)cc2)CC1. The van der Waals surface area contributed by atoms with Gasteiger partial charge >= 0.3 is 6.09 Å². The van der Waals surface area contributed by atoms with Crippen molar-refractivity contribution in [3.05, 3.63) is 29.8 Å². The highest BCUT2D eigenvalue weighted by molar-refractivity contribution is 5.90. The Hall–Kier alpha value is -2.59. The quantitative estimate of drug-likeness (QED) is 0.824. The third kappa shape index (κ3) is 6.08. The molecule has 7 nitrogen and oxygen atoms in total. The lowest BCUT2D eigenvalue weighted by Gasteiger charge is -2.31. The van der Waals surface area contributed by atoms with Crippen LogP contribution >= 0.6 is 0 Å². The second kappa shape index (κ2) is 9.64. The van der Waals surface area contributed by atoms with E-state index in [1.165, 1.54) is 0 Å². The van der Waals surface area contributed by atoms with E-state index in [0.29, 0.717) is 50.0 Å². The fourth-order valence-corrected chi connectivity index (χ4v) is 2.72.